The molecule has 1 aromatic heterocycles. The molecule has 0 aliphatic rings. The average molecular weight is 402 g/mol. The van der Waals surface area contributed by atoms with Gasteiger partial charge in [0.1, 0.15) is 11.3 Å². The first-order valence-electron chi connectivity index (χ1n) is 9.11. The number of halogens is 3. The minimum absolute atomic E-state index is 0.0676. The van der Waals surface area contributed by atoms with Crippen LogP contribution in [0.4, 0.5) is 36.3 Å². The highest BCUT2D eigenvalue weighted by molar-refractivity contribution is 5.65. The molecule has 0 fully saturated rings. The minimum atomic E-state index is -4.57. The highest BCUT2D eigenvalue weighted by Crippen LogP contribution is 2.37. The first-order chi connectivity index (χ1) is 13.9. The minimum Gasteiger partial charge on any atom is -0.494 e. The molecule has 0 unspecified atom stereocenters. The quantitative estimate of drug-likeness (QED) is 0.542. The Hall–Kier alpha value is -3.29. The van der Waals surface area contributed by atoms with Crippen molar-refractivity contribution in [3.63, 3.8) is 0 Å². The van der Waals surface area contributed by atoms with Gasteiger partial charge in [0.2, 0.25) is 5.95 Å². The number of aromatic nitrogens is 2. The van der Waals surface area contributed by atoms with Gasteiger partial charge in [-0.25, -0.2) is 4.98 Å². The van der Waals surface area contributed by atoms with Crippen LogP contribution < -0.4 is 15.0 Å². The first kappa shape index (κ1) is 20.4. The summed E-state index contributed by atoms with van der Waals surface area (Å²) in [5.74, 6) is 0.553. The summed E-state index contributed by atoms with van der Waals surface area (Å²) in [7, 11) is 1.54. The fraction of sp³-hybridized carbons (Fsp3) is 0.238. The van der Waals surface area contributed by atoms with E-state index in [-0.39, 0.29) is 11.8 Å². The molecule has 1 heterocycles. The van der Waals surface area contributed by atoms with Crippen molar-refractivity contribution in [3.05, 3.63) is 66.4 Å². The SMILES string of the molecule is CCCOc1ccc(Nc2ncc(C(F)(F)F)c(N(C)c3ccccc3)n2)cc1. The Kier molecular flexibility index (Phi) is 6.21. The van der Waals surface area contributed by atoms with Crippen LogP contribution in [0, 0.1) is 0 Å². The molecule has 8 heteroatoms. The highest BCUT2D eigenvalue weighted by Gasteiger charge is 2.36. The lowest BCUT2D eigenvalue weighted by molar-refractivity contribution is -0.137. The molecule has 0 saturated carbocycles. The number of alkyl halides is 3. The fourth-order valence-electron chi connectivity index (χ4n) is 2.65. The Morgan fingerprint density at radius 2 is 1.72 bits per heavy atom. The number of ether oxygens (including phenoxy) is 1. The Balaban J connectivity index is 1.89. The number of anilines is 4. The number of rotatable bonds is 7. The molecule has 0 amide bonds. The number of hydrogen-bond acceptors (Lipinski definition) is 5. The van der Waals surface area contributed by atoms with E-state index in [2.05, 4.69) is 15.3 Å². The zero-order valence-corrected chi connectivity index (χ0v) is 16.1. The molecule has 152 valence electrons. The molecule has 29 heavy (non-hydrogen) atoms. The second-order valence-electron chi connectivity index (χ2n) is 6.32. The van der Waals surface area contributed by atoms with Gasteiger partial charge in [-0.2, -0.15) is 18.2 Å². The fourth-order valence-corrected chi connectivity index (χ4v) is 2.65. The van der Waals surface area contributed by atoms with Gasteiger partial charge in [0, 0.05) is 24.6 Å². The summed E-state index contributed by atoms with van der Waals surface area (Å²) in [5.41, 5.74) is 0.319. The van der Waals surface area contributed by atoms with Gasteiger partial charge in [-0.15, -0.1) is 0 Å². The lowest BCUT2D eigenvalue weighted by Crippen LogP contribution is -2.19. The lowest BCUT2D eigenvalue weighted by Gasteiger charge is -2.22. The van der Waals surface area contributed by atoms with Crippen molar-refractivity contribution in [3.8, 4) is 5.75 Å². The lowest BCUT2D eigenvalue weighted by atomic mass is 10.2. The number of nitrogens with one attached hydrogen (secondary N) is 1. The molecule has 0 saturated heterocycles. The van der Waals surface area contributed by atoms with Crippen molar-refractivity contribution in [2.45, 2.75) is 19.5 Å². The summed E-state index contributed by atoms with van der Waals surface area (Å²) in [6.07, 6.45) is -2.88. The van der Waals surface area contributed by atoms with E-state index in [1.807, 2.05) is 6.92 Å². The van der Waals surface area contributed by atoms with Gasteiger partial charge in [-0.1, -0.05) is 25.1 Å². The number of para-hydroxylation sites is 1. The summed E-state index contributed by atoms with van der Waals surface area (Å²) in [4.78, 5) is 9.37. The van der Waals surface area contributed by atoms with Crippen LogP contribution in [0.5, 0.6) is 5.75 Å². The van der Waals surface area contributed by atoms with Crippen LogP contribution in [-0.2, 0) is 6.18 Å². The number of nitrogens with zero attached hydrogens (tertiary/aromatic N) is 3. The Labute approximate surface area is 167 Å². The molecule has 3 rings (SSSR count). The topological polar surface area (TPSA) is 50.3 Å². The van der Waals surface area contributed by atoms with Gasteiger partial charge < -0.3 is 15.0 Å². The van der Waals surface area contributed by atoms with E-state index in [4.69, 9.17) is 4.74 Å². The predicted molar refractivity (Wildman–Crippen MR) is 107 cm³/mol. The first-order valence-corrected chi connectivity index (χ1v) is 9.11. The van der Waals surface area contributed by atoms with Crippen molar-refractivity contribution in [2.75, 3.05) is 23.9 Å². The normalized spacial score (nSPS) is 11.2. The van der Waals surface area contributed by atoms with Crippen LogP contribution in [0.2, 0.25) is 0 Å². The second-order valence-corrected chi connectivity index (χ2v) is 6.32. The smallest absolute Gasteiger partial charge is 0.421 e. The average Bonchev–Trinajstić information content (AvgIpc) is 2.72. The molecule has 0 aliphatic carbocycles. The van der Waals surface area contributed by atoms with Gasteiger partial charge in [-0.05, 0) is 42.8 Å². The van der Waals surface area contributed by atoms with E-state index >= 15 is 0 Å². The van der Waals surface area contributed by atoms with Crippen molar-refractivity contribution in [1.29, 1.82) is 0 Å². The third-order valence-corrected chi connectivity index (χ3v) is 4.12. The zero-order chi connectivity index (χ0) is 20.9. The predicted octanol–water partition coefficient (Wildman–Crippen LogP) is 5.80. The van der Waals surface area contributed by atoms with Crippen molar-refractivity contribution in [2.24, 2.45) is 0 Å². The third-order valence-electron chi connectivity index (χ3n) is 4.12. The van der Waals surface area contributed by atoms with Gasteiger partial charge in [0.15, 0.2) is 5.82 Å². The van der Waals surface area contributed by atoms with Crippen molar-refractivity contribution < 1.29 is 17.9 Å². The van der Waals surface area contributed by atoms with E-state index in [0.29, 0.717) is 18.0 Å². The molecule has 0 atom stereocenters. The maximum Gasteiger partial charge on any atom is 0.421 e. The highest BCUT2D eigenvalue weighted by atomic mass is 19.4. The maximum atomic E-state index is 13.5. The van der Waals surface area contributed by atoms with E-state index in [9.17, 15) is 13.2 Å². The molecule has 0 aliphatic heterocycles. The third kappa shape index (κ3) is 5.16. The van der Waals surface area contributed by atoms with E-state index in [1.54, 1.807) is 54.6 Å². The van der Waals surface area contributed by atoms with Gasteiger partial charge in [-0.3, -0.25) is 0 Å². The Morgan fingerprint density at radius 3 is 2.34 bits per heavy atom. The van der Waals surface area contributed by atoms with E-state index in [1.165, 1.54) is 11.9 Å². The van der Waals surface area contributed by atoms with Gasteiger partial charge >= 0.3 is 6.18 Å². The molecule has 0 spiro atoms. The monoisotopic (exact) mass is 402 g/mol. The molecule has 0 bridgehead atoms. The molecular formula is C21H21F3N4O. The Bertz CT molecular complexity index is 931. The standard InChI is InChI=1S/C21H21F3N4O/c1-3-13-29-17-11-9-15(10-12-17)26-20-25-14-18(21(22,23)24)19(27-20)28(2)16-7-5-4-6-8-16/h4-12,14H,3,13H2,1-2H3,(H,25,26,27). The molecule has 5 nitrogen and oxygen atoms in total. The molecule has 0 radical (unpaired) electrons. The Morgan fingerprint density at radius 1 is 1.03 bits per heavy atom. The molecule has 2 aromatic carbocycles. The van der Waals surface area contributed by atoms with Crippen LogP contribution in [0.15, 0.2) is 60.8 Å². The summed E-state index contributed by atoms with van der Waals surface area (Å²) >= 11 is 0. The largest absolute Gasteiger partial charge is 0.494 e. The molecular weight excluding hydrogens is 381 g/mol. The molecule has 1 N–H and O–H groups in total. The number of benzene rings is 2. The zero-order valence-electron chi connectivity index (χ0n) is 16.1. The van der Waals surface area contributed by atoms with E-state index < -0.39 is 11.7 Å². The van der Waals surface area contributed by atoms with Gasteiger partial charge in [0.05, 0.1) is 6.61 Å². The van der Waals surface area contributed by atoms with Crippen LogP contribution in [0.25, 0.3) is 0 Å². The van der Waals surface area contributed by atoms with Crippen LogP contribution in [0.3, 0.4) is 0 Å². The van der Waals surface area contributed by atoms with Gasteiger partial charge in [0.25, 0.3) is 0 Å². The van der Waals surface area contributed by atoms with Crippen LogP contribution in [0.1, 0.15) is 18.9 Å². The maximum absolute atomic E-state index is 13.5. The van der Waals surface area contributed by atoms with Crippen molar-refractivity contribution >= 4 is 23.1 Å². The summed E-state index contributed by atoms with van der Waals surface area (Å²) < 4.78 is 46.0. The number of hydrogen-bond donors (Lipinski definition) is 1. The second kappa shape index (κ2) is 8.81. The summed E-state index contributed by atoms with van der Waals surface area (Å²) in [6, 6.07) is 15.8. The van der Waals surface area contributed by atoms with Crippen molar-refractivity contribution in [1.82, 2.24) is 9.97 Å². The van der Waals surface area contributed by atoms with E-state index in [0.717, 1.165) is 18.4 Å². The summed E-state index contributed by atoms with van der Waals surface area (Å²) in [6.45, 7) is 2.63. The summed E-state index contributed by atoms with van der Waals surface area (Å²) in [5, 5.41) is 2.94. The van der Waals surface area contributed by atoms with Crippen LogP contribution >= 0.6 is 0 Å². The molecule has 3 aromatic rings. The van der Waals surface area contributed by atoms with Crippen LogP contribution in [-0.4, -0.2) is 23.6 Å².